The van der Waals surface area contributed by atoms with Crippen LogP contribution in [0.2, 0.25) is 0 Å². The van der Waals surface area contributed by atoms with Crippen LogP contribution in [-0.4, -0.2) is 12.8 Å². The molecule has 0 saturated heterocycles. The van der Waals surface area contributed by atoms with Crippen LogP contribution in [0.5, 0.6) is 0 Å². The molecule has 0 atom stereocenters. The lowest BCUT2D eigenvalue weighted by molar-refractivity contribution is 0.213. The van der Waals surface area contributed by atoms with Gasteiger partial charge in [0.25, 0.3) is 0 Å². The summed E-state index contributed by atoms with van der Waals surface area (Å²) in [5.41, 5.74) is 5.53. The summed E-state index contributed by atoms with van der Waals surface area (Å²) in [7, 11) is 1.62. The predicted octanol–water partition coefficient (Wildman–Crippen LogP) is 2.86. The van der Waals surface area contributed by atoms with Crippen LogP contribution in [-0.2, 0) is 11.3 Å². The lowest BCUT2D eigenvalue weighted by Crippen LogP contribution is -1.96. The highest BCUT2D eigenvalue weighted by Crippen LogP contribution is 2.44. The Balaban J connectivity index is 2.06. The SMILES string of the molecule is CO/N=C1\CCc2c1cccc2C1CC1. The number of rotatable bonds is 2. The standard InChI is InChI=1S/C13H15NO/c1-15-14-13-8-7-11-10(9-5-6-9)3-2-4-12(11)13/h2-4,9H,5-8H2,1H3/b14-13+. The molecule has 2 nitrogen and oxygen atoms in total. The van der Waals surface area contributed by atoms with Crippen molar-refractivity contribution in [3.05, 3.63) is 34.9 Å². The highest BCUT2D eigenvalue weighted by Gasteiger charge is 2.29. The van der Waals surface area contributed by atoms with E-state index in [0.717, 1.165) is 24.5 Å². The Bertz CT molecular complexity index is 419. The second kappa shape index (κ2) is 3.37. The molecule has 0 bridgehead atoms. The van der Waals surface area contributed by atoms with Crippen molar-refractivity contribution in [3.8, 4) is 0 Å². The molecule has 0 aromatic heterocycles. The summed E-state index contributed by atoms with van der Waals surface area (Å²) >= 11 is 0. The predicted molar refractivity (Wildman–Crippen MR) is 60.3 cm³/mol. The third-order valence-corrected chi connectivity index (χ3v) is 3.35. The largest absolute Gasteiger partial charge is 0.399 e. The molecular weight excluding hydrogens is 186 g/mol. The van der Waals surface area contributed by atoms with Gasteiger partial charge >= 0.3 is 0 Å². The first kappa shape index (κ1) is 8.96. The van der Waals surface area contributed by atoms with Crippen LogP contribution < -0.4 is 0 Å². The van der Waals surface area contributed by atoms with E-state index in [-0.39, 0.29) is 0 Å². The molecule has 0 heterocycles. The Kier molecular flexibility index (Phi) is 2.01. The molecule has 0 radical (unpaired) electrons. The molecule has 1 saturated carbocycles. The van der Waals surface area contributed by atoms with Crippen LogP contribution in [0.15, 0.2) is 23.4 Å². The molecule has 0 aliphatic heterocycles. The minimum atomic E-state index is 0.835. The van der Waals surface area contributed by atoms with Gasteiger partial charge in [-0.15, -0.1) is 0 Å². The van der Waals surface area contributed by atoms with Gasteiger partial charge in [-0.3, -0.25) is 0 Å². The highest BCUT2D eigenvalue weighted by atomic mass is 16.6. The number of fused-ring (bicyclic) bond motifs is 1. The lowest BCUT2D eigenvalue weighted by Gasteiger charge is -2.06. The van der Waals surface area contributed by atoms with E-state index in [1.807, 2.05) is 0 Å². The number of oxime groups is 1. The van der Waals surface area contributed by atoms with Crippen molar-refractivity contribution in [2.75, 3.05) is 7.11 Å². The van der Waals surface area contributed by atoms with Crippen LogP contribution in [0, 0.1) is 0 Å². The summed E-state index contributed by atoms with van der Waals surface area (Å²) in [5, 5.41) is 4.10. The van der Waals surface area contributed by atoms with Crippen molar-refractivity contribution in [1.82, 2.24) is 0 Å². The Morgan fingerprint density at radius 3 is 2.87 bits per heavy atom. The van der Waals surface area contributed by atoms with Crippen LogP contribution in [0.25, 0.3) is 0 Å². The summed E-state index contributed by atoms with van der Waals surface area (Å²) in [6.07, 6.45) is 4.91. The first-order chi connectivity index (χ1) is 7.40. The van der Waals surface area contributed by atoms with Crippen molar-refractivity contribution in [3.63, 3.8) is 0 Å². The van der Waals surface area contributed by atoms with Crippen molar-refractivity contribution < 1.29 is 4.84 Å². The zero-order valence-corrected chi connectivity index (χ0v) is 8.99. The minimum Gasteiger partial charge on any atom is -0.399 e. The Hall–Kier alpha value is -1.31. The fourth-order valence-electron chi connectivity index (χ4n) is 2.51. The summed E-state index contributed by atoms with van der Waals surface area (Å²) in [4.78, 5) is 4.89. The number of benzene rings is 1. The topological polar surface area (TPSA) is 21.6 Å². The van der Waals surface area contributed by atoms with E-state index in [2.05, 4.69) is 23.4 Å². The average molecular weight is 201 g/mol. The van der Waals surface area contributed by atoms with Crippen molar-refractivity contribution in [1.29, 1.82) is 0 Å². The smallest absolute Gasteiger partial charge is 0.106 e. The third-order valence-electron chi connectivity index (χ3n) is 3.35. The van der Waals surface area contributed by atoms with Crippen LogP contribution >= 0.6 is 0 Å². The fraction of sp³-hybridized carbons (Fsp3) is 0.462. The second-order valence-electron chi connectivity index (χ2n) is 4.37. The molecule has 0 unspecified atom stereocenters. The van der Waals surface area contributed by atoms with Crippen molar-refractivity contribution in [2.45, 2.75) is 31.6 Å². The van der Waals surface area contributed by atoms with Crippen LogP contribution in [0.3, 0.4) is 0 Å². The number of nitrogens with zero attached hydrogens (tertiary/aromatic N) is 1. The number of hydrogen-bond acceptors (Lipinski definition) is 2. The molecule has 2 aliphatic rings. The Labute approximate surface area is 89.9 Å². The van der Waals surface area contributed by atoms with Crippen molar-refractivity contribution >= 4 is 5.71 Å². The fourth-order valence-corrected chi connectivity index (χ4v) is 2.51. The quantitative estimate of drug-likeness (QED) is 0.674. The minimum absolute atomic E-state index is 0.835. The molecule has 0 spiro atoms. The van der Waals surface area contributed by atoms with E-state index in [0.29, 0.717) is 0 Å². The van der Waals surface area contributed by atoms with E-state index < -0.39 is 0 Å². The maximum atomic E-state index is 4.89. The summed E-state index contributed by atoms with van der Waals surface area (Å²) in [6, 6.07) is 6.61. The van der Waals surface area contributed by atoms with E-state index >= 15 is 0 Å². The van der Waals surface area contributed by atoms with E-state index in [1.165, 1.54) is 24.0 Å². The first-order valence-electron chi connectivity index (χ1n) is 5.62. The molecule has 3 rings (SSSR count). The average Bonchev–Trinajstić information content (AvgIpc) is 3.02. The Morgan fingerprint density at radius 2 is 2.13 bits per heavy atom. The van der Waals surface area contributed by atoms with Gasteiger partial charge in [0, 0.05) is 5.56 Å². The lowest BCUT2D eigenvalue weighted by atomic mass is 10.00. The molecule has 2 aliphatic carbocycles. The molecule has 0 N–H and O–H groups in total. The maximum Gasteiger partial charge on any atom is 0.106 e. The molecule has 0 amide bonds. The van der Waals surface area contributed by atoms with E-state index in [4.69, 9.17) is 4.84 Å². The molecular formula is C13H15NO. The van der Waals surface area contributed by atoms with Gasteiger partial charge in [-0.25, -0.2) is 0 Å². The third kappa shape index (κ3) is 1.44. The highest BCUT2D eigenvalue weighted by molar-refractivity contribution is 6.04. The monoisotopic (exact) mass is 201 g/mol. The molecule has 78 valence electrons. The molecule has 1 aromatic rings. The van der Waals surface area contributed by atoms with E-state index in [1.54, 1.807) is 12.7 Å². The van der Waals surface area contributed by atoms with E-state index in [9.17, 15) is 0 Å². The Morgan fingerprint density at radius 1 is 1.27 bits per heavy atom. The molecule has 1 aromatic carbocycles. The van der Waals surface area contributed by atoms with Crippen LogP contribution in [0.4, 0.5) is 0 Å². The first-order valence-corrected chi connectivity index (χ1v) is 5.62. The summed E-state index contributed by atoms with van der Waals surface area (Å²) in [6.45, 7) is 0. The molecule has 15 heavy (non-hydrogen) atoms. The zero-order valence-electron chi connectivity index (χ0n) is 8.99. The van der Waals surface area contributed by atoms with Crippen molar-refractivity contribution in [2.24, 2.45) is 5.16 Å². The van der Waals surface area contributed by atoms with Gasteiger partial charge in [0.1, 0.15) is 7.11 Å². The summed E-state index contributed by atoms with van der Waals surface area (Å²) in [5.74, 6) is 0.835. The van der Waals surface area contributed by atoms with Gasteiger partial charge in [-0.1, -0.05) is 23.4 Å². The maximum absolute atomic E-state index is 4.89. The van der Waals surface area contributed by atoms with Gasteiger partial charge in [0.2, 0.25) is 0 Å². The van der Waals surface area contributed by atoms with Gasteiger partial charge in [0.15, 0.2) is 0 Å². The number of hydrogen-bond donors (Lipinski definition) is 0. The summed E-state index contributed by atoms with van der Waals surface area (Å²) < 4.78 is 0. The molecule has 1 fully saturated rings. The normalized spacial score (nSPS) is 21.8. The van der Waals surface area contributed by atoms with Gasteiger partial charge in [-0.2, -0.15) is 0 Å². The van der Waals surface area contributed by atoms with Gasteiger partial charge in [-0.05, 0) is 42.7 Å². The van der Waals surface area contributed by atoms with Gasteiger partial charge in [0.05, 0.1) is 5.71 Å². The van der Waals surface area contributed by atoms with Gasteiger partial charge < -0.3 is 4.84 Å². The van der Waals surface area contributed by atoms with Crippen LogP contribution in [0.1, 0.15) is 41.9 Å². The zero-order chi connectivity index (χ0) is 10.3. The second-order valence-corrected chi connectivity index (χ2v) is 4.37. The molecule has 2 heteroatoms.